The van der Waals surface area contributed by atoms with Gasteiger partial charge in [0.15, 0.2) is 5.58 Å². The summed E-state index contributed by atoms with van der Waals surface area (Å²) in [5, 5.41) is 0. The van der Waals surface area contributed by atoms with Crippen LogP contribution in [0.15, 0.2) is 150 Å². The molecule has 0 radical (unpaired) electrons. The number of pyridine rings is 1. The highest BCUT2D eigenvalue weighted by atomic mass is 16.4. The molecule has 6 aromatic carbocycles. The number of imidazole rings is 5. The van der Waals surface area contributed by atoms with E-state index >= 15 is 0 Å². The summed E-state index contributed by atoms with van der Waals surface area (Å²) in [5.74, 6) is 2.33. The van der Waals surface area contributed by atoms with Crippen molar-refractivity contribution in [2.24, 2.45) is 7.05 Å². The second-order valence-corrected chi connectivity index (χ2v) is 14.2. The minimum Gasteiger partial charge on any atom is -0.423 e. The lowest BCUT2D eigenvalue weighted by molar-refractivity contribution is 0.643. The molecule has 0 unspecified atom stereocenters. The number of hydrogen-bond acceptors (Lipinski definition) is 5. The van der Waals surface area contributed by atoms with E-state index in [-0.39, 0.29) is 0 Å². The molecule has 0 saturated heterocycles. The number of benzene rings is 6. The molecule has 0 atom stereocenters. The summed E-state index contributed by atoms with van der Waals surface area (Å²) in [6.07, 6.45) is 0. The van der Waals surface area contributed by atoms with Crippen molar-refractivity contribution in [1.29, 1.82) is 0 Å². The Morgan fingerprint density at radius 2 is 1.04 bits per heavy atom. The summed E-state index contributed by atoms with van der Waals surface area (Å²) in [4.78, 5) is 20.2. The molecule has 13 aromatic rings. The number of nitrogens with zero attached hydrogens (tertiary/aromatic N) is 9. The van der Waals surface area contributed by atoms with Crippen molar-refractivity contribution < 1.29 is 4.42 Å². The molecule has 258 valence electrons. The Morgan fingerprint density at radius 1 is 0.418 bits per heavy atom. The molecule has 10 nitrogen and oxygen atoms in total. The highest BCUT2D eigenvalue weighted by Gasteiger charge is 2.21. The largest absolute Gasteiger partial charge is 0.423 e. The molecule has 0 N–H and O–H groups in total. The van der Waals surface area contributed by atoms with E-state index in [0.29, 0.717) is 5.84 Å². The molecular formula is C45H27N9O. The van der Waals surface area contributed by atoms with Gasteiger partial charge >= 0.3 is 5.84 Å². The first-order chi connectivity index (χ1) is 27.2. The van der Waals surface area contributed by atoms with Crippen LogP contribution in [0.25, 0.3) is 112 Å². The molecule has 10 heteroatoms. The lowest BCUT2D eigenvalue weighted by atomic mass is 10.1. The average Bonchev–Trinajstić information content (AvgIpc) is 4.06. The van der Waals surface area contributed by atoms with E-state index in [1.807, 2.05) is 30.3 Å². The maximum atomic E-state index is 6.11. The van der Waals surface area contributed by atoms with Gasteiger partial charge in [0.1, 0.15) is 0 Å². The SMILES string of the molecule is Cn1c2ccc(-c3cccc(-c4ccc5c(c4)n4c6ccccc6nc4n5-c4ccc5nc6oc7ccccc7n6c5c4)n3)cc2n2c3ccccc3nc12. The van der Waals surface area contributed by atoms with E-state index < -0.39 is 0 Å². The van der Waals surface area contributed by atoms with Gasteiger partial charge in [-0.2, -0.15) is 4.98 Å². The first-order valence-corrected chi connectivity index (χ1v) is 18.2. The normalized spacial score (nSPS) is 12.5. The maximum Gasteiger partial charge on any atom is 0.307 e. The summed E-state index contributed by atoms with van der Waals surface area (Å²) < 4.78 is 17.1. The van der Waals surface area contributed by atoms with Crippen LogP contribution in [-0.4, -0.2) is 42.3 Å². The van der Waals surface area contributed by atoms with Crippen molar-refractivity contribution >= 4 is 83.7 Å². The van der Waals surface area contributed by atoms with Crippen LogP contribution in [0, 0.1) is 0 Å². The number of rotatable bonds is 3. The quantitative estimate of drug-likeness (QED) is 0.182. The van der Waals surface area contributed by atoms with Gasteiger partial charge in [-0.15, -0.1) is 0 Å². The molecule has 0 aliphatic carbocycles. The van der Waals surface area contributed by atoms with Crippen molar-refractivity contribution in [1.82, 2.24) is 42.3 Å². The second kappa shape index (κ2) is 10.2. The third-order valence-electron chi connectivity index (χ3n) is 11.1. The van der Waals surface area contributed by atoms with Crippen molar-refractivity contribution in [3.63, 3.8) is 0 Å². The van der Waals surface area contributed by atoms with Gasteiger partial charge in [0.2, 0.25) is 11.6 Å². The van der Waals surface area contributed by atoms with Gasteiger partial charge in [0.05, 0.1) is 77.8 Å². The van der Waals surface area contributed by atoms with Gasteiger partial charge in [-0.3, -0.25) is 17.8 Å². The number of para-hydroxylation sites is 6. The molecule has 0 amide bonds. The van der Waals surface area contributed by atoms with Crippen LogP contribution in [0.5, 0.6) is 0 Å². The Hall–Kier alpha value is -7.72. The molecule has 55 heavy (non-hydrogen) atoms. The van der Waals surface area contributed by atoms with Crippen LogP contribution in [0.4, 0.5) is 0 Å². The first kappa shape index (κ1) is 28.8. The highest BCUT2D eigenvalue weighted by Crippen LogP contribution is 2.35. The smallest absolute Gasteiger partial charge is 0.307 e. The third-order valence-corrected chi connectivity index (χ3v) is 11.1. The topological polar surface area (TPSA) is 87.8 Å². The predicted octanol–water partition coefficient (Wildman–Crippen LogP) is 10.0. The van der Waals surface area contributed by atoms with Gasteiger partial charge in [-0.05, 0) is 91.0 Å². The molecule has 0 bridgehead atoms. The number of fused-ring (bicyclic) bond motifs is 15. The summed E-state index contributed by atoms with van der Waals surface area (Å²) in [6, 6.07) is 50.4. The van der Waals surface area contributed by atoms with E-state index in [1.54, 1.807) is 0 Å². The van der Waals surface area contributed by atoms with E-state index in [2.05, 4.69) is 145 Å². The Labute approximate surface area is 310 Å². The Bertz CT molecular complexity index is 3760. The summed E-state index contributed by atoms with van der Waals surface area (Å²) in [5.41, 5.74) is 16.8. The lowest BCUT2D eigenvalue weighted by Crippen LogP contribution is -1.95. The maximum absolute atomic E-state index is 6.11. The van der Waals surface area contributed by atoms with Crippen molar-refractivity contribution in [3.8, 4) is 28.2 Å². The van der Waals surface area contributed by atoms with Crippen LogP contribution >= 0.6 is 0 Å². The lowest BCUT2D eigenvalue weighted by Gasteiger charge is -2.08. The molecule has 0 aliphatic rings. The zero-order valence-electron chi connectivity index (χ0n) is 29.3. The second-order valence-electron chi connectivity index (χ2n) is 14.2. The third kappa shape index (κ3) is 3.81. The minimum absolute atomic E-state index is 0.578. The standard InChI is InChI=1S/C45H27N9O/c1-50-36-21-17-26(23-40(36)52-34-13-4-2-9-31(34)47-43(50)52)29-11-8-12-30(46-29)27-18-22-37-41(24-27)53-35-14-5-3-10-32(35)48-44(53)51(37)28-19-20-33-39(25-28)54-38-15-6-7-16-42(38)55-45(54)49-33/h2-25H,1H3. The van der Waals surface area contributed by atoms with Crippen LogP contribution in [-0.2, 0) is 7.05 Å². The Morgan fingerprint density at radius 3 is 1.80 bits per heavy atom. The molecule has 7 heterocycles. The highest BCUT2D eigenvalue weighted by molar-refractivity contribution is 5.96. The van der Waals surface area contributed by atoms with E-state index in [9.17, 15) is 0 Å². The van der Waals surface area contributed by atoms with Crippen LogP contribution in [0.3, 0.4) is 0 Å². The molecule has 0 aliphatic heterocycles. The fraction of sp³-hybridized carbons (Fsp3) is 0.0222. The van der Waals surface area contributed by atoms with E-state index in [1.165, 1.54) is 0 Å². The van der Waals surface area contributed by atoms with Crippen molar-refractivity contribution in [2.75, 3.05) is 0 Å². The summed E-state index contributed by atoms with van der Waals surface area (Å²) >= 11 is 0. The summed E-state index contributed by atoms with van der Waals surface area (Å²) in [6.45, 7) is 0. The molecule has 0 fully saturated rings. The number of hydrogen-bond donors (Lipinski definition) is 0. The van der Waals surface area contributed by atoms with Gasteiger partial charge in [-0.1, -0.05) is 54.6 Å². The Balaban J connectivity index is 0.993. The number of aryl methyl sites for hydroxylation is 1. The first-order valence-electron chi connectivity index (χ1n) is 18.2. The van der Waals surface area contributed by atoms with Crippen molar-refractivity contribution in [3.05, 3.63) is 146 Å². The zero-order valence-corrected chi connectivity index (χ0v) is 29.3. The van der Waals surface area contributed by atoms with Crippen LogP contribution < -0.4 is 0 Å². The number of oxazole rings is 1. The molecule has 0 saturated carbocycles. The fourth-order valence-corrected chi connectivity index (χ4v) is 8.61. The molecule has 0 spiro atoms. The molecule has 7 aromatic heterocycles. The van der Waals surface area contributed by atoms with Gasteiger partial charge in [0.25, 0.3) is 0 Å². The zero-order chi connectivity index (χ0) is 35.9. The number of aromatic nitrogens is 9. The van der Waals surface area contributed by atoms with Crippen LogP contribution in [0.2, 0.25) is 0 Å². The average molecular weight is 710 g/mol. The van der Waals surface area contributed by atoms with Gasteiger partial charge < -0.3 is 8.98 Å². The monoisotopic (exact) mass is 709 g/mol. The molecule has 13 rings (SSSR count). The minimum atomic E-state index is 0.578. The predicted molar refractivity (Wildman–Crippen MR) is 217 cm³/mol. The van der Waals surface area contributed by atoms with E-state index in [4.69, 9.17) is 24.4 Å². The van der Waals surface area contributed by atoms with Crippen molar-refractivity contribution in [2.45, 2.75) is 0 Å². The van der Waals surface area contributed by atoms with Gasteiger partial charge in [0, 0.05) is 18.2 Å². The van der Waals surface area contributed by atoms with Crippen LogP contribution in [0.1, 0.15) is 0 Å². The Kier molecular flexibility index (Phi) is 5.36. The summed E-state index contributed by atoms with van der Waals surface area (Å²) in [7, 11) is 2.07. The van der Waals surface area contributed by atoms with Gasteiger partial charge in [-0.25, -0.2) is 15.0 Å². The van der Waals surface area contributed by atoms with E-state index in [0.717, 1.165) is 106 Å². The molecular weight excluding hydrogens is 683 g/mol. The fourth-order valence-electron chi connectivity index (χ4n) is 8.61.